The van der Waals surface area contributed by atoms with Gasteiger partial charge in [0, 0.05) is 16.6 Å². The first-order valence-corrected chi connectivity index (χ1v) is 9.63. The second-order valence-electron chi connectivity index (χ2n) is 5.36. The van der Waals surface area contributed by atoms with Crippen LogP contribution in [0.25, 0.3) is 0 Å². The fraction of sp³-hybridized carbons (Fsp3) is 0.562. The van der Waals surface area contributed by atoms with Crippen LogP contribution >= 0.6 is 50.7 Å². The number of benzene rings is 1. The SMILES string of the molecule is CCCCCCCC(=O)N[C@@H](Nc1ccc(Br)cc1)C(Cl)(Cl)Cl. The van der Waals surface area contributed by atoms with E-state index < -0.39 is 9.96 Å². The monoisotopic (exact) mass is 442 g/mol. The van der Waals surface area contributed by atoms with Crippen molar-refractivity contribution in [2.75, 3.05) is 5.32 Å². The number of nitrogens with one attached hydrogen (secondary N) is 2. The number of halogens is 4. The van der Waals surface area contributed by atoms with Crippen LogP contribution in [0.3, 0.4) is 0 Å². The minimum absolute atomic E-state index is 0.123. The fourth-order valence-electron chi connectivity index (χ4n) is 2.03. The van der Waals surface area contributed by atoms with Gasteiger partial charge in [0.25, 0.3) is 0 Å². The van der Waals surface area contributed by atoms with Crippen LogP contribution in [0.4, 0.5) is 5.69 Å². The second-order valence-corrected chi connectivity index (χ2v) is 8.64. The van der Waals surface area contributed by atoms with E-state index in [4.69, 9.17) is 34.8 Å². The third-order valence-corrected chi connectivity index (χ3v) is 4.48. The molecule has 1 aromatic rings. The molecule has 0 aromatic heterocycles. The number of hydrogen-bond donors (Lipinski definition) is 2. The summed E-state index contributed by atoms with van der Waals surface area (Å²) in [5.74, 6) is -0.123. The van der Waals surface area contributed by atoms with E-state index in [0.717, 1.165) is 29.4 Å². The summed E-state index contributed by atoms with van der Waals surface area (Å²) in [6.07, 6.45) is 5.05. The van der Waals surface area contributed by atoms with Gasteiger partial charge in [0.15, 0.2) is 0 Å². The van der Waals surface area contributed by atoms with Crippen LogP contribution in [0.15, 0.2) is 28.7 Å². The van der Waals surface area contributed by atoms with Crippen LogP contribution in [0.5, 0.6) is 0 Å². The Bertz CT molecular complexity index is 477. The molecule has 2 N–H and O–H groups in total. The van der Waals surface area contributed by atoms with Gasteiger partial charge in [-0.25, -0.2) is 0 Å². The first kappa shape index (κ1) is 20.9. The summed E-state index contributed by atoms with van der Waals surface area (Å²) in [5, 5.41) is 5.79. The van der Waals surface area contributed by atoms with Crippen molar-refractivity contribution in [3.63, 3.8) is 0 Å². The maximum atomic E-state index is 12.0. The number of amides is 1. The van der Waals surface area contributed by atoms with E-state index in [9.17, 15) is 4.79 Å². The smallest absolute Gasteiger partial charge is 0.228 e. The van der Waals surface area contributed by atoms with E-state index in [-0.39, 0.29) is 5.91 Å². The maximum absolute atomic E-state index is 12.0. The van der Waals surface area contributed by atoms with Crippen LogP contribution in [-0.4, -0.2) is 15.9 Å². The highest BCUT2D eigenvalue weighted by Crippen LogP contribution is 2.31. The highest BCUT2D eigenvalue weighted by atomic mass is 79.9. The lowest BCUT2D eigenvalue weighted by atomic mass is 10.1. The number of carbonyl (C=O) groups is 1. The van der Waals surface area contributed by atoms with E-state index in [1.807, 2.05) is 24.3 Å². The zero-order chi connectivity index (χ0) is 17.3. The van der Waals surface area contributed by atoms with Crippen LogP contribution in [0.2, 0.25) is 0 Å². The lowest BCUT2D eigenvalue weighted by Gasteiger charge is -2.27. The van der Waals surface area contributed by atoms with Gasteiger partial charge < -0.3 is 10.6 Å². The van der Waals surface area contributed by atoms with Gasteiger partial charge in [-0.2, -0.15) is 0 Å². The number of unbranched alkanes of at least 4 members (excludes halogenated alkanes) is 4. The van der Waals surface area contributed by atoms with E-state index >= 15 is 0 Å². The predicted octanol–water partition coefficient (Wildman–Crippen LogP) is 6.03. The summed E-state index contributed by atoms with van der Waals surface area (Å²) < 4.78 is -0.699. The maximum Gasteiger partial charge on any atom is 0.228 e. The molecule has 1 rings (SSSR count). The van der Waals surface area contributed by atoms with Gasteiger partial charge in [-0.1, -0.05) is 83.3 Å². The molecule has 0 aliphatic heterocycles. The number of rotatable bonds is 9. The van der Waals surface area contributed by atoms with Crippen molar-refractivity contribution in [1.29, 1.82) is 0 Å². The summed E-state index contributed by atoms with van der Waals surface area (Å²) >= 11 is 21.3. The average Bonchev–Trinajstić information content (AvgIpc) is 2.47. The predicted molar refractivity (Wildman–Crippen MR) is 103 cm³/mol. The molecule has 1 atom stereocenters. The van der Waals surface area contributed by atoms with Gasteiger partial charge in [0.2, 0.25) is 9.70 Å². The third kappa shape index (κ3) is 9.04. The molecule has 0 aliphatic rings. The molecule has 0 bridgehead atoms. The Hall–Kier alpha value is -0.160. The molecule has 0 unspecified atom stereocenters. The molecule has 3 nitrogen and oxygen atoms in total. The minimum atomic E-state index is -1.65. The van der Waals surface area contributed by atoms with Crippen molar-refractivity contribution in [2.45, 2.75) is 55.4 Å². The molecular weight excluding hydrogens is 422 g/mol. The van der Waals surface area contributed by atoms with Crippen LogP contribution in [0, 0.1) is 0 Å². The van der Waals surface area contributed by atoms with Crippen molar-refractivity contribution in [3.05, 3.63) is 28.7 Å². The topological polar surface area (TPSA) is 41.1 Å². The fourth-order valence-corrected chi connectivity index (χ4v) is 2.63. The van der Waals surface area contributed by atoms with Gasteiger partial charge >= 0.3 is 0 Å². The van der Waals surface area contributed by atoms with Crippen LogP contribution < -0.4 is 10.6 Å². The number of alkyl halides is 3. The van der Waals surface area contributed by atoms with E-state index in [1.165, 1.54) is 12.8 Å². The first-order valence-electron chi connectivity index (χ1n) is 7.71. The molecule has 0 radical (unpaired) electrons. The molecule has 0 spiro atoms. The van der Waals surface area contributed by atoms with Crippen molar-refractivity contribution in [1.82, 2.24) is 5.32 Å². The zero-order valence-corrected chi connectivity index (χ0v) is 16.9. The molecule has 23 heavy (non-hydrogen) atoms. The molecule has 1 aromatic carbocycles. The molecule has 0 saturated heterocycles. The van der Waals surface area contributed by atoms with Crippen LogP contribution in [-0.2, 0) is 4.79 Å². The summed E-state index contributed by atoms with van der Waals surface area (Å²) in [5.41, 5.74) is 0.757. The minimum Gasteiger partial charge on any atom is -0.362 e. The Morgan fingerprint density at radius 3 is 2.30 bits per heavy atom. The largest absolute Gasteiger partial charge is 0.362 e. The standard InChI is InChI=1S/C16H22BrCl3N2O/c1-2-3-4-5-6-7-14(23)22-15(16(18,19)20)21-13-10-8-12(17)9-11-13/h8-11,15,21H,2-7H2,1H3,(H,22,23)/t15-/m1/s1. The Kier molecular flexibility index (Phi) is 9.67. The summed E-state index contributed by atoms with van der Waals surface area (Å²) in [6, 6.07) is 7.41. The van der Waals surface area contributed by atoms with Crippen molar-refractivity contribution >= 4 is 62.3 Å². The lowest BCUT2D eigenvalue weighted by molar-refractivity contribution is -0.121. The summed E-state index contributed by atoms with van der Waals surface area (Å²) in [7, 11) is 0. The van der Waals surface area contributed by atoms with E-state index in [0.29, 0.717) is 6.42 Å². The van der Waals surface area contributed by atoms with Gasteiger partial charge in [-0.05, 0) is 30.7 Å². The Labute approximate surface area is 161 Å². The van der Waals surface area contributed by atoms with Crippen molar-refractivity contribution < 1.29 is 4.79 Å². The number of anilines is 1. The molecular formula is C16H22BrCl3N2O. The zero-order valence-electron chi connectivity index (χ0n) is 13.0. The summed E-state index contributed by atoms with van der Waals surface area (Å²) in [4.78, 5) is 12.0. The quantitative estimate of drug-likeness (QED) is 0.277. The third-order valence-electron chi connectivity index (χ3n) is 3.30. The average molecular weight is 445 g/mol. The molecule has 130 valence electrons. The van der Waals surface area contributed by atoms with E-state index in [1.54, 1.807) is 0 Å². The molecule has 0 fully saturated rings. The van der Waals surface area contributed by atoms with Crippen molar-refractivity contribution in [3.8, 4) is 0 Å². The van der Waals surface area contributed by atoms with Crippen molar-refractivity contribution in [2.24, 2.45) is 0 Å². The molecule has 1 amide bonds. The summed E-state index contributed by atoms with van der Waals surface area (Å²) in [6.45, 7) is 2.16. The normalized spacial score (nSPS) is 12.7. The van der Waals surface area contributed by atoms with Gasteiger partial charge in [0.1, 0.15) is 6.17 Å². The van der Waals surface area contributed by atoms with Gasteiger partial charge in [-0.3, -0.25) is 4.79 Å². The number of carbonyl (C=O) groups excluding carboxylic acids is 1. The Morgan fingerprint density at radius 2 is 1.74 bits per heavy atom. The molecule has 0 heterocycles. The highest BCUT2D eigenvalue weighted by molar-refractivity contribution is 9.10. The van der Waals surface area contributed by atoms with Gasteiger partial charge in [-0.15, -0.1) is 0 Å². The van der Waals surface area contributed by atoms with Gasteiger partial charge in [0.05, 0.1) is 0 Å². The molecule has 7 heteroatoms. The first-order chi connectivity index (χ1) is 10.8. The second kappa shape index (κ2) is 10.7. The Balaban J connectivity index is 2.51. The molecule has 0 aliphatic carbocycles. The lowest BCUT2D eigenvalue weighted by Crippen LogP contribution is -2.49. The Morgan fingerprint density at radius 1 is 1.13 bits per heavy atom. The molecule has 0 saturated carbocycles. The number of hydrogen-bond acceptors (Lipinski definition) is 2. The van der Waals surface area contributed by atoms with Crippen LogP contribution in [0.1, 0.15) is 45.4 Å². The highest BCUT2D eigenvalue weighted by Gasteiger charge is 2.33. The van der Waals surface area contributed by atoms with E-state index in [2.05, 4.69) is 33.5 Å².